The van der Waals surface area contributed by atoms with E-state index in [0.29, 0.717) is 24.3 Å². The molecule has 0 radical (unpaired) electrons. The van der Waals surface area contributed by atoms with Gasteiger partial charge in [-0.3, -0.25) is 19.2 Å². The Balaban J connectivity index is 0. The molecule has 0 aromatic carbocycles. The monoisotopic (exact) mass is 444 g/mol. The number of aliphatic carboxylic acids is 4. The van der Waals surface area contributed by atoms with E-state index in [9.17, 15) is 19.2 Å². The molecule has 12 N–H and O–H groups in total. The van der Waals surface area contributed by atoms with Crippen LogP contribution < -0.4 is 22.9 Å². The molecule has 0 aliphatic carbocycles. The van der Waals surface area contributed by atoms with E-state index in [2.05, 4.69) is 0 Å². The first kappa shape index (κ1) is 28.6. The van der Waals surface area contributed by atoms with Crippen molar-refractivity contribution in [2.45, 2.75) is 37.0 Å². The lowest BCUT2D eigenvalue weighted by molar-refractivity contribution is -0.139. The molecule has 0 aromatic rings. The van der Waals surface area contributed by atoms with Gasteiger partial charge in [-0.05, 0) is 24.3 Å². The molecule has 14 heteroatoms. The standard InChI is InChI=1S/2C7H14N2O4S/c2*8-4(6(10)11)1-2-14-3-5(9)7(12)13/h2*4-5H,1-3,8-9H2,(H,10,11)(H,12,13)/t4-,5-;/m0./s1. The van der Waals surface area contributed by atoms with Crippen molar-refractivity contribution in [3.63, 3.8) is 0 Å². The smallest absolute Gasteiger partial charge is 0.321 e. The largest absolute Gasteiger partial charge is 0.480 e. The van der Waals surface area contributed by atoms with Gasteiger partial charge < -0.3 is 43.4 Å². The van der Waals surface area contributed by atoms with E-state index in [1.54, 1.807) is 0 Å². The minimum absolute atomic E-state index is 0.266. The molecule has 0 aromatic heterocycles. The molecule has 0 rings (SSSR count). The first-order valence-corrected chi connectivity index (χ1v) is 10.3. The molecule has 0 heterocycles. The summed E-state index contributed by atoms with van der Waals surface area (Å²) in [7, 11) is 0. The maximum Gasteiger partial charge on any atom is 0.321 e. The Labute approximate surface area is 170 Å². The number of hydrogen-bond acceptors (Lipinski definition) is 10. The average molecular weight is 445 g/mol. The molecule has 0 aliphatic heterocycles. The van der Waals surface area contributed by atoms with Gasteiger partial charge in [-0.25, -0.2) is 0 Å². The number of carbonyl (C=O) groups is 4. The van der Waals surface area contributed by atoms with Crippen molar-refractivity contribution in [2.75, 3.05) is 23.0 Å². The van der Waals surface area contributed by atoms with E-state index in [0.717, 1.165) is 0 Å². The average Bonchev–Trinajstić information content (AvgIpc) is 2.61. The first-order valence-electron chi connectivity index (χ1n) is 7.99. The van der Waals surface area contributed by atoms with Crippen molar-refractivity contribution in [1.29, 1.82) is 0 Å². The highest BCUT2D eigenvalue weighted by Gasteiger charge is 2.14. The van der Waals surface area contributed by atoms with Gasteiger partial charge in [0.2, 0.25) is 0 Å². The zero-order valence-corrected chi connectivity index (χ0v) is 16.7. The van der Waals surface area contributed by atoms with Crippen molar-refractivity contribution in [3.8, 4) is 0 Å². The Hall–Kier alpha value is -1.58. The van der Waals surface area contributed by atoms with Crippen LogP contribution in [0.5, 0.6) is 0 Å². The topological polar surface area (TPSA) is 253 Å². The van der Waals surface area contributed by atoms with Crippen LogP contribution >= 0.6 is 23.5 Å². The van der Waals surface area contributed by atoms with Crippen LogP contribution in [0.1, 0.15) is 12.8 Å². The normalized spacial score (nSPS) is 14.7. The molecule has 4 atom stereocenters. The quantitative estimate of drug-likeness (QED) is 0.133. The number of carboxylic acid groups (broad SMARTS) is 4. The van der Waals surface area contributed by atoms with Crippen molar-refractivity contribution in [3.05, 3.63) is 0 Å². The molecule has 0 fully saturated rings. The Kier molecular flexibility index (Phi) is 16.7. The second-order valence-corrected chi connectivity index (χ2v) is 7.81. The second-order valence-electron chi connectivity index (χ2n) is 5.51. The molecule has 0 saturated carbocycles. The van der Waals surface area contributed by atoms with Crippen molar-refractivity contribution in [2.24, 2.45) is 22.9 Å². The van der Waals surface area contributed by atoms with Crippen LogP contribution in [0.4, 0.5) is 0 Å². The van der Waals surface area contributed by atoms with Crippen LogP contribution in [0.3, 0.4) is 0 Å². The van der Waals surface area contributed by atoms with Gasteiger partial charge in [0.05, 0.1) is 0 Å². The molecule has 2 unspecified atom stereocenters. The van der Waals surface area contributed by atoms with Gasteiger partial charge in [-0.15, -0.1) is 0 Å². The van der Waals surface area contributed by atoms with Crippen LogP contribution in [-0.2, 0) is 19.2 Å². The molecular formula is C14H28N4O8S2. The predicted octanol–water partition coefficient (Wildman–Crippen LogP) is -2.13. The van der Waals surface area contributed by atoms with E-state index in [1.165, 1.54) is 23.5 Å². The Bertz CT molecular complexity index is 424. The van der Waals surface area contributed by atoms with Crippen molar-refractivity contribution < 1.29 is 39.6 Å². The predicted molar refractivity (Wildman–Crippen MR) is 106 cm³/mol. The summed E-state index contributed by atoms with van der Waals surface area (Å²) >= 11 is 2.57. The maximum absolute atomic E-state index is 10.3. The summed E-state index contributed by atoms with van der Waals surface area (Å²) in [6.45, 7) is 0. The summed E-state index contributed by atoms with van der Waals surface area (Å²) in [5.74, 6) is -2.69. The minimum Gasteiger partial charge on any atom is -0.480 e. The van der Waals surface area contributed by atoms with Gasteiger partial charge >= 0.3 is 23.9 Å². The number of carboxylic acids is 4. The third-order valence-electron chi connectivity index (χ3n) is 3.01. The zero-order chi connectivity index (χ0) is 22.3. The summed E-state index contributed by atoms with van der Waals surface area (Å²) in [6, 6.07) is -3.57. The van der Waals surface area contributed by atoms with Crippen LogP contribution in [0, 0.1) is 0 Å². The summed E-state index contributed by atoms with van der Waals surface area (Å²) in [4.78, 5) is 41.1. The maximum atomic E-state index is 10.3. The van der Waals surface area contributed by atoms with Gasteiger partial charge in [0.1, 0.15) is 24.2 Å². The van der Waals surface area contributed by atoms with E-state index >= 15 is 0 Å². The van der Waals surface area contributed by atoms with Gasteiger partial charge in [0.15, 0.2) is 0 Å². The molecule has 0 amide bonds. The van der Waals surface area contributed by atoms with E-state index < -0.39 is 48.0 Å². The van der Waals surface area contributed by atoms with Crippen LogP contribution in [0.15, 0.2) is 0 Å². The summed E-state index contributed by atoms with van der Waals surface area (Å²) < 4.78 is 0. The third-order valence-corrected chi connectivity index (χ3v) is 5.25. The summed E-state index contributed by atoms with van der Waals surface area (Å²) in [5, 5.41) is 33.7. The zero-order valence-electron chi connectivity index (χ0n) is 15.1. The molecule has 0 spiro atoms. The highest BCUT2D eigenvalue weighted by Crippen LogP contribution is 2.06. The third kappa shape index (κ3) is 16.6. The number of thioether (sulfide) groups is 2. The van der Waals surface area contributed by atoms with E-state index in [-0.39, 0.29) is 11.5 Å². The molecule has 0 saturated heterocycles. The fourth-order valence-electron chi connectivity index (χ4n) is 1.23. The molecular weight excluding hydrogens is 416 g/mol. The van der Waals surface area contributed by atoms with Crippen molar-refractivity contribution in [1.82, 2.24) is 0 Å². The lowest BCUT2D eigenvalue weighted by atomic mass is 10.2. The summed E-state index contributed by atoms with van der Waals surface area (Å²) in [6.07, 6.45) is 0.624. The second kappa shape index (κ2) is 16.4. The van der Waals surface area contributed by atoms with Gasteiger partial charge in [0, 0.05) is 11.5 Å². The van der Waals surface area contributed by atoms with Crippen LogP contribution in [0.2, 0.25) is 0 Å². The van der Waals surface area contributed by atoms with E-state index in [4.69, 9.17) is 43.4 Å². The molecule has 12 nitrogen and oxygen atoms in total. The van der Waals surface area contributed by atoms with Gasteiger partial charge in [-0.1, -0.05) is 0 Å². The fraction of sp³-hybridized carbons (Fsp3) is 0.714. The molecule has 164 valence electrons. The van der Waals surface area contributed by atoms with Crippen molar-refractivity contribution >= 4 is 47.4 Å². The summed E-state index contributed by atoms with van der Waals surface area (Å²) in [5.41, 5.74) is 20.9. The Morgan fingerprint density at radius 1 is 0.571 bits per heavy atom. The number of hydrogen-bond donors (Lipinski definition) is 8. The molecule has 0 aliphatic rings. The molecule has 0 bridgehead atoms. The lowest BCUT2D eigenvalue weighted by Crippen LogP contribution is -2.33. The number of nitrogens with two attached hydrogens (primary N) is 4. The SMILES string of the molecule is NC(CCSCC(N)C(=O)O)C(=O)O.N[C@@H](CCSC[C@H](N)C(=O)O)C(=O)O. The Morgan fingerprint density at radius 3 is 1.04 bits per heavy atom. The highest BCUT2D eigenvalue weighted by molar-refractivity contribution is 7.99. The van der Waals surface area contributed by atoms with Gasteiger partial charge in [-0.2, -0.15) is 23.5 Å². The number of rotatable bonds is 14. The van der Waals surface area contributed by atoms with E-state index in [1.807, 2.05) is 0 Å². The lowest BCUT2D eigenvalue weighted by Gasteiger charge is -2.07. The Morgan fingerprint density at radius 2 is 0.821 bits per heavy atom. The van der Waals surface area contributed by atoms with Crippen LogP contribution in [0.25, 0.3) is 0 Å². The first-order chi connectivity index (χ1) is 12.9. The fourth-order valence-corrected chi connectivity index (χ4v) is 3.20. The van der Waals surface area contributed by atoms with Crippen LogP contribution in [-0.4, -0.2) is 91.5 Å². The minimum atomic E-state index is -1.06. The highest BCUT2D eigenvalue weighted by atomic mass is 32.2. The molecule has 28 heavy (non-hydrogen) atoms. The van der Waals surface area contributed by atoms with Gasteiger partial charge in [0.25, 0.3) is 0 Å².